The molecule has 0 fully saturated rings. The van der Waals surface area contributed by atoms with E-state index in [4.69, 9.17) is 0 Å². The predicted molar refractivity (Wildman–Crippen MR) is 68.9 cm³/mol. The van der Waals surface area contributed by atoms with Crippen molar-refractivity contribution in [1.82, 2.24) is 6.15 Å². The van der Waals surface area contributed by atoms with Crippen LogP contribution in [0.5, 0.6) is 0 Å². The van der Waals surface area contributed by atoms with Crippen LogP contribution in [0.1, 0.15) is 18.6 Å². The first-order chi connectivity index (χ1) is 3.80. The van der Waals surface area contributed by atoms with E-state index in [2.05, 4.69) is 38.1 Å². The number of hydrogen-bond acceptors (Lipinski definition) is 1. The highest BCUT2D eigenvalue weighted by molar-refractivity contribution is 5.76. The second-order valence-electron chi connectivity index (χ2n) is 2.08. The number of aryl methyl sites for hydroxylation is 2. The summed E-state index contributed by atoms with van der Waals surface area (Å²) >= 11 is 0. The van der Waals surface area contributed by atoms with E-state index in [0.29, 0.717) is 0 Å². The molecule has 3 N–H and O–H groups in total. The van der Waals surface area contributed by atoms with Crippen molar-refractivity contribution in [2.45, 2.75) is 21.3 Å². The highest BCUT2D eigenvalue weighted by Crippen LogP contribution is 2.02. The van der Waals surface area contributed by atoms with Crippen LogP contribution < -0.4 is 6.15 Å². The van der Waals surface area contributed by atoms with Crippen LogP contribution in [0.15, 0.2) is 24.3 Å². The van der Waals surface area contributed by atoms with Gasteiger partial charge in [0, 0.05) is 0 Å². The summed E-state index contributed by atoms with van der Waals surface area (Å²) in [6.45, 7) is 4.24. The largest absolute Gasteiger partial charge is 0.344 e. The van der Waals surface area contributed by atoms with Crippen LogP contribution in [0.2, 0.25) is 0 Å². The SMILES string of the molecule is B.C.Cc1ccccc1C.N.[SiH4]. The van der Waals surface area contributed by atoms with Crippen molar-refractivity contribution in [3.8, 4) is 0 Å². The van der Waals surface area contributed by atoms with Gasteiger partial charge in [0.25, 0.3) is 0 Å². The molecule has 0 aromatic heterocycles. The lowest BCUT2D eigenvalue weighted by Gasteiger charge is -1.93. The average molecular weight is 185 g/mol. The summed E-state index contributed by atoms with van der Waals surface area (Å²) in [6, 6.07) is 8.36. The molecule has 0 atom stereocenters. The lowest BCUT2D eigenvalue weighted by Crippen LogP contribution is -1.74. The quantitative estimate of drug-likeness (QED) is 0.586. The molecule has 1 nitrogen and oxygen atoms in total. The van der Waals surface area contributed by atoms with Crippen molar-refractivity contribution in [1.29, 1.82) is 0 Å². The molecule has 12 heavy (non-hydrogen) atoms. The van der Waals surface area contributed by atoms with E-state index >= 15 is 0 Å². The normalized spacial score (nSPS) is 6.17. The maximum atomic E-state index is 2.12. The van der Waals surface area contributed by atoms with E-state index in [9.17, 15) is 0 Å². The average Bonchev–Trinajstić information content (AvgIpc) is 1.77. The fourth-order valence-corrected chi connectivity index (χ4v) is 0.663. The third kappa shape index (κ3) is 6.19. The zero-order valence-electron chi connectivity index (χ0n) is 6.02. The van der Waals surface area contributed by atoms with Gasteiger partial charge in [0.05, 0.1) is 8.41 Å². The molecule has 0 saturated carbocycles. The van der Waals surface area contributed by atoms with Crippen molar-refractivity contribution in [2.24, 2.45) is 0 Å². The van der Waals surface area contributed by atoms with E-state index in [0.717, 1.165) is 0 Å². The molecular weight excluding hydrogens is 161 g/mol. The fraction of sp³-hybridized carbons (Fsp3) is 0.333. The molecule has 1 aromatic rings. The Labute approximate surface area is 82.8 Å². The first-order valence-electron chi connectivity index (χ1n) is 2.83. The number of hydrogen-bond donors (Lipinski definition) is 1. The lowest BCUT2D eigenvalue weighted by atomic mass is 10.1. The molecule has 0 spiro atoms. The molecule has 0 aliphatic carbocycles. The Morgan fingerprint density at radius 2 is 1.17 bits per heavy atom. The Morgan fingerprint density at radius 1 is 0.917 bits per heavy atom. The minimum absolute atomic E-state index is 0. The number of benzene rings is 1. The maximum absolute atomic E-state index is 2.12. The summed E-state index contributed by atoms with van der Waals surface area (Å²) in [5.74, 6) is 0. The summed E-state index contributed by atoms with van der Waals surface area (Å²) in [6.07, 6.45) is 0. The van der Waals surface area contributed by atoms with Crippen LogP contribution in [0.25, 0.3) is 0 Å². The Bertz CT molecular complexity index is 171. The summed E-state index contributed by atoms with van der Waals surface area (Å²) in [7, 11) is 0. The summed E-state index contributed by atoms with van der Waals surface area (Å²) in [5.41, 5.74) is 2.74. The lowest BCUT2D eigenvalue weighted by molar-refractivity contribution is 1.34. The van der Waals surface area contributed by atoms with Gasteiger partial charge in [-0.25, -0.2) is 0 Å². The van der Waals surface area contributed by atoms with Crippen LogP contribution in [-0.2, 0) is 0 Å². The highest BCUT2D eigenvalue weighted by Gasteiger charge is 1.83. The summed E-state index contributed by atoms with van der Waals surface area (Å²) < 4.78 is 0. The van der Waals surface area contributed by atoms with E-state index in [-0.39, 0.29) is 33.0 Å². The van der Waals surface area contributed by atoms with Crippen LogP contribution in [0.4, 0.5) is 0 Å². The summed E-state index contributed by atoms with van der Waals surface area (Å²) in [5, 5.41) is 0. The molecule has 3 heteroatoms. The van der Waals surface area contributed by atoms with Crippen molar-refractivity contribution in [3.63, 3.8) is 0 Å². The van der Waals surface area contributed by atoms with Gasteiger partial charge in [0.1, 0.15) is 0 Å². The topological polar surface area (TPSA) is 35.0 Å². The van der Waals surface area contributed by atoms with E-state index in [1.165, 1.54) is 11.1 Å². The molecule has 1 aromatic carbocycles. The van der Waals surface area contributed by atoms with Crippen molar-refractivity contribution in [3.05, 3.63) is 35.4 Å². The monoisotopic (exact) mass is 185 g/mol. The molecule has 0 aliphatic rings. The van der Waals surface area contributed by atoms with Gasteiger partial charge >= 0.3 is 0 Å². The van der Waals surface area contributed by atoms with Crippen molar-refractivity contribution < 1.29 is 0 Å². The van der Waals surface area contributed by atoms with Gasteiger partial charge < -0.3 is 6.15 Å². The third-order valence-corrected chi connectivity index (χ3v) is 1.43. The van der Waals surface area contributed by atoms with E-state index in [1.807, 2.05) is 0 Å². The van der Waals surface area contributed by atoms with Gasteiger partial charge in [-0.2, -0.15) is 0 Å². The third-order valence-electron chi connectivity index (χ3n) is 1.43. The smallest absolute Gasteiger partial charge is 0.0814 e. The first kappa shape index (κ1) is 22.5. The van der Waals surface area contributed by atoms with E-state index < -0.39 is 0 Å². The number of rotatable bonds is 0. The Hall–Kier alpha value is -0.538. The van der Waals surface area contributed by atoms with Gasteiger partial charge in [-0.15, -0.1) is 0 Å². The van der Waals surface area contributed by atoms with Crippen molar-refractivity contribution >= 4 is 19.4 Å². The maximum Gasteiger partial charge on any atom is 0.0814 e. The molecule has 0 amide bonds. The Balaban J connectivity index is -0.0000000800. The minimum atomic E-state index is 0. The minimum Gasteiger partial charge on any atom is -0.344 e. The van der Waals surface area contributed by atoms with Gasteiger partial charge in [0.2, 0.25) is 0 Å². The zero-order chi connectivity index (χ0) is 5.98. The second-order valence-corrected chi connectivity index (χ2v) is 2.08. The molecule has 0 heterocycles. The van der Waals surface area contributed by atoms with Crippen LogP contribution >= 0.6 is 0 Å². The van der Waals surface area contributed by atoms with Gasteiger partial charge in [-0.1, -0.05) is 31.7 Å². The molecule has 72 valence electrons. The molecule has 0 unspecified atom stereocenters. The van der Waals surface area contributed by atoms with Crippen LogP contribution in [0.3, 0.4) is 0 Å². The van der Waals surface area contributed by atoms with E-state index in [1.54, 1.807) is 0 Å². The Kier molecular flexibility index (Phi) is 19.6. The molecule has 0 bridgehead atoms. The van der Waals surface area contributed by atoms with Crippen LogP contribution in [0, 0.1) is 13.8 Å². The fourth-order valence-electron chi connectivity index (χ4n) is 0.663. The molecule has 0 radical (unpaired) electrons. The van der Waals surface area contributed by atoms with Crippen molar-refractivity contribution in [2.75, 3.05) is 0 Å². The van der Waals surface area contributed by atoms with Gasteiger partial charge in [-0.3, -0.25) is 0 Å². The van der Waals surface area contributed by atoms with Crippen LogP contribution in [-0.4, -0.2) is 19.4 Å². The Morgan fingerprint density at radius 3 is 1.33 bits per heavy atom. The zero-order valence-corrected chi connectivity index (χ0v) is 6.02. The van der Waals surface area contributed by atoms with Gasteiger partial charge in [0.15, 0.2) is 0 Å². The first-order valence-corrected chi connectivity index (χ1v) is 2.83. The standard InChI is InChI=1S/C8H10.CH4.BH3.H3N.H4Si/c1-7-5-3-4-6-8(7)2;;;;/h3-6H,1-2H3;1H4;2*1H3;1H4. The highest BCUT2D eigenvalue weighted by atomic mass is 28.1. The van der Waals surface area contributed by atoms with Gasteiger partial charge in [-0.05, 0) is 35.9 Å². The predicted octanol–water partition coefficient (Wildman–Crippen LogP) is 0.466. The molecule has 1 rings (SSSR count). The second kappa shape index (κ2) is 10.5. The molecule has 0 aliphatic heterocycles. The summed E-state index contributed by atoms with van der Waals surface area (Å²) in [4.78, 5) is 0. The molecular formula is C9H24BNSi. The molecule has 0 saturated heterocycles.